The van der Waals surface area contributed by atoms with Gasteiger partial charge in [-0.1, -0.05) is 13.8 Å². The fraction of sp³-hybridized carbons (Fsp3) is 0.579. The third-order valence-corrected chi connectivity index (χ3v) is 4.57. The molecule has 0 saturated heterocycles. The predicted octanol–water partition coefficient (Wildman–Crippen LogP) is 2.76. The van der Waals surface area contributed by atoms with E-state index in [0.29, 0.717) is 24.5 Å². The van der Waals surface area contributed by atoms with Gasteiger partial charge in [-0.3, -0.25) is 4.79 Å². The van der Waals surface area contributed by atoms with Crippen molar-refractivity contribution in [3.05, 3.63) is 23.8 Å². The first-order chi connectivity index (χ1) is 12.1. The molecule has 1 aromatic rings. The van der Waals surface area contributed by atoms with Gasteiger partial charge in [0.15, 0.2) is 11.5 Å². The van der Waals surface area contributed by atoms with Crippen molar-refractivity contribution in [1.29, 1.82) is 0 Å². The number of methoxy groups -OCH3 is 2. The quantitative estimate of drug-likeness (QED) is 0.726. The number of hydrogen-bond donors (Lipinski definition) is 0. The minimum Gasteiger partial charge on any atom is -0.493 e. The maximum Gasteiger partial charge on any atom is 0.242 e. The van der Waals surface area contributed by atoms with Gasteiger partial charge in [0, 0.05) is 18.5 Å². The molecule has 138 valence electrons. The van der Waals surface area contributed by atoms with Crippen LogP contribution in [0.5, 0.6) is 11.5 Å². The third-order valence-electron chi connectivity index (χ3n) is 4.57. The topological polar surface area (TPSA) is 54.4 Å². The molecular formula is C19H29N3O3. The number of likely N-dealkylation sites (N-methyl/N-ethyl adjacent to an activating group) is 1. The van der Waals surface area contributed by atoms with Gasteiger partial charge in [0.2, 0.25) is 5.91 Å². The summed E-state index contributed by atoms with van der Waals surface area (Å²) < 4.78 is 10.7. The summed E-state index contributed by atoms with van der Waals surface area (Å²) in [6, 6.07) is 5.78. The van der Waals surface area contributed by atoms with E-state index in [2.05, 4.69) is 23.8 Å². The SMILES string of the molecule is CCN(CC)CCN1N=C(c2ccc(OC)c(OC)c2)CCCC1=O. The van der Waals surface area contributed by atoms with Crippen molar-refractivity contribution >= 4 is 11.6 Å². The molecule has 0 bridgehead atoms. The van der Waals surface area contributed by atoms with Crippen LogP contribution >= 0.6 is 0 Å². The number of hydrogen-bond acceptors (Lipinski definition) is 5. The van der Waals surface area contributed by atoms with Crippen LogP contribution in [0.2, 0.25) is 0 Å². The second-order valence-corrected chi connectivity index (χ2v) is 6.01. The summed E-state index contributed by atoms with van der Waals surface area (Å²) in [4.78, 5) is 14.7. The Kier molecular flexibility index (Phi) is 7.25. The Labute approximate surface area is 150 Å². The van der Waals surface area contributed by atoms with Crippen LogP contribution in [0.4, 0.5) is 0 Å². The molecule has 1 heterocycles. The first-order valence-electron chi connectivity index (χ1n) is 8.95. The van der Waals surface area contributed by atoms with Gasteiger partial charge < -0.3 is 14.4 Å². The first kappa shape index (κ1) is 19.2. The highest BCUT2D eigenvalue weighted by Crippen LogP contribution is 2.29. The Balaban J connectivity index is 2.23. The van der Waals surface area contributed by atoms with E-state index in [1.165, 1.54) is 0 Å². The molecule has 0 aromatic heterocycles. The summed E-state index contributed by atoms with van der Waals surface area (Å²) in [5, 5.41) is 6.31. The molecule has 6 heteroatoms. The normalized spacial score (nSPS) is 15.2. The van der Waals surface area contributed by atoms with Crippen molar-refractivity contribution in [2.45, 2.75) is 33.1 Å². The lowest BCUT2D eigenvalue weighted by molar-refractivity contribution is -0.131. The summed E-state index contributed by atoms with van der Waals surface area (Å²) in [7, 11) is 3.24. The molecule has 0 aliphatic carbocycles. The molecule has 1 aliphatic heterocycles. The molecule has 0 radical (unpaired) electrons. The summed E-state index contributed by atoms with van der Waals surface area (Å²) in [5.41, 5.74) is 1.89. The van der Waals surface area contributed by atoms with E-state index in [9.17, 15) is 4.79 Å². The average Bonchev–Trinajstić information content (AvgIpc) is 2.83. The Morgan fingerprint density at radius 3 is 2.48 bits per heavy atom. The lowest BCUT2D eigenvalue weighted by Gasteiger charge is -2.22. The van der Waals surface area contributed by atoms with E-state index in [1.54, 1.807) is 19.2 Å². The number of hydrazone groups is 1. The first-order valence-corrected chi connectivity index (χ1v) is 8.95. The molecule has 0 saturated carbocycles. The average molecular weight is 347 g/mol. The number of carbonyl (C=O) groups excluding carboxylic acids is 1. The zero-order valence-corrected chi connectivity index (χ0v) is 15.7. The number of benzene rings is 1. The third kappa shape index (κ3) is 4.95. The molecule has 0 spiro atoms. The Morgan fingerprint density at radius 2 is 1.84 bits per heavy atom. The van der Waals surface area contributed by atoms with Gasteiger partial charge in [-0.15, -0.1) is 0 Å². The largest absolute Gasteiger partial charge is 0.493 e. The zero-order chi connectivity index (χ0) is 18.2. The molecule has 2 rings (SSSR count). The van der Waals surface area contributed by atoms with E-state index >= 15 is 0 Å². The summed E-state index contributed by atoms with van der Waals surface area (Å²) in [6.07, 6.45) is 2.13. The van der Waals surface area contributed by atoms with Crippen LogP contribution < -0.4 is 9.47 Å². The van der Waals surface area contributed by atoms with Crippen LogP contribution in [0.3, 0.4) is 0 Å². The van der Waals surface area contributed by atoms with E-state index in [0.717, 1.165) is 43.8 Å². The number of amides is 1. The summed E-state index contributed by atoms with van der Waals surface area (Å²) >= 11 is 0. The van der Waals surface area contributed by atoms with Gasteiger partial charge in [-0.25, -0.2) is 5.01 Å². The van der Waals surface area contributed by atoms with Crippen LogP contribution in [-0.2, 0) is 4.79 Å². The maximum absolute atomic E-state index is 12.4. The molecule has 1 amide bonds. The van der Waals surface area contributed by atoms with Gasteiger partial charge in [-0.2, -0.15) is 5.10 Å². The van der Waals surface area contributed by atoms with Crippen molar-refractivity contribution in [2.75, 3.05) is 40.4 Å². The Hall–Kier alpha value is -2.08. The molecule has 6 nitrogen and oxygen atoms in total. The van der Waals surface area contributed by atoms with Crippen molar-refractivity contribution in [1.82, 2.24) is 9.91 Å². The van der Waals surface area contributed by atoms with E-state index in [-0.39, 0.29) is 5.91 Å². The molecule has 0 fully saturated rings. The second kappa shape index (κ2) is 9.42. The monoisotopic (exact) mass is 347 g/mol. The van der Waals surface area contributed by atoms with Crippen molar-refractivity contribution in [2.24, 2.45) is 5.10 Å². The molecule has 0 N–H and O–H groups in total. The van der Waals surface area contributed by atoms with Crippen molar-refractivity contribution in [3.8, 4) is 11.5 Å². The minimum atomic E-state index is 0.0997. The highest BCUT2D eigenvalue weighted by atomic mass is 16.5. The minimum absolute atomic E-state index is 0.0997. The molecule has 0 unspecified atom stereocenters. The smallest absolute Gasteiger partial charge is 0.242 e. The predicted molar refractivity (Wildman–Crippen MR) is 99.4 cm³/mol. The number of carbonyl (C=O) groups is 1. The molecule has 0 atom stereocenters. The zero-order valence-electron chi connectivity index (χ0n) is 15.7. The number of nitrogens with zero attached hydrogens (tertiary/aromatic N) is 3. The molecule has 1 aromatic carbocycles. The second-order valence-electron chi connectivity index (χ2n) is 6.01. The van der Waals surface area contributed by atoms with E-state index in [1.807, 2.05) is 18.2 Å². The maximum atomic E-state index is 12.4. The van der Waals surface area contributed by atoms with Crippen molar-refractivity contribution < 1.29 is 14.3 Å². The van der Waals surface area contributed by atoms with Crippen LogP contribution in [0.1, 0.15) is 38.7 Å². The Bertz CT molecular complexity index is 612. The number of ether oxygens (including phenoxy) is 2. The lowest BCUT2D eigenvalue weighted by atomic mass is 10.0. The molecular weight excluding hydrogens is 318 g/mol. The van der Waals surface area contributed by atoms with Gasteiger partial charge in [-0.05, 0) is 44.1 Å². The number of rotatable bonds is 8. The van der Waals surface area contributed by atoms with Crippen LogP contribution in [0.25, 0.3) is 0 Å². The van der Waals surface area contributed by atoms with Crippen LogP contribution in [0.15, 0.2) is 23.3 Å². The van der Waals surface area contributed by atoms with Crippen molar-refractivity contribution in [3.63, 3.8) is 0 Å². The summed E-state index contributed by atoms with van der Waals surface area (Å²) in [6.45, 7) is 7.67. The molecule has 25 heavy (non-hydrogen) atoms. The highest BCUT2D eigenvalue weighted by molar-refractivity contribution is 6.02. The van der Waals surface area contributed by atoms with Gasteiger partial charge >= 0.3 is 0 Å². The fourth-order valence-corrected chi connectivity index (χ4v) is 2.96. The standard InChI is InChI=1S/C19H29N3O3/c1-5-21(6-2)12-13-22-19(23)9-7-8-16(20-22)15-10-11-17(24-3)18(14-15)25-4/h10-11,14H,5-9,12-13H2,1-4H3. The fourth-order valence-electron chi connectivity index (χ4n) is 2.96. The van der Waals surface area contributed by atoms with Crippen LogP contribution in [-0.4, -0.2) is 61.9 Å². The summed E-state index contributed by atoms with van der Waals surface area (Å²) in [5.74, 6) is 1.46. The highest BCUT2D eigenvalue weighted by Gasteiger charge is 2.20. The Morgan fingerprint density at radius 1 is 1.12 bits per heavy atom. The van der Waals surface area contributed by atoms with Gasteiger partial charge in [0.05, 0.1) is 26.5 Å². The molecule has 1 aliphatic rings. The lowest BCUT2D eigenvalue weighted by Crippen LogP contribution is -2.35. The van der Waals surface area contributed by atoms with Gasteiger partial charge in [0.1, 0.15) is 0 Å². The van der Waals surface area contributed by atoms with E-state index < -0.39 is 0 Å². The van der Waals surface area contributed by atoms with Crippen LogP contribution in [0, 0.1) is 0 Å². The van der Waals surface area contributed by atoms with Gasteiger partial charge in [0.25, 0.3) is 0 Å². The van der Waals surface area contributed by atoms with E-state index in [4.69, 9.17) is 9.47 Å².